The molecule has 0 aromatic carbocycles. The number of hydrogen-bond acceptors (Lipinski definition) is 3. The van der Waals surface area contributed by atoms with Crippen LogP contribution in [0.1, 0.15) is 48.8 Å². The second-order valence-electron chi connectivity index (χ2n) is 4.27. The number of H-pyrrole nitrogens is 1. The number of nitrogens with two attached hydrogens (primary N) is 1. The SMILES string of the molecule is CCc1[nH]nc(C(=O)NC2CCCC2)c1N. The minimum absolute atomic E-state index is 0.152. The van der Waals surface area contributed by atoms with Gasteiger partial charge in [-0.05, 0) is 19.3 Å². The highest BCUT2D eigenvalue weighted by molar-refractivity contribution is 5.97. The normalized spacial score (nSPS) is 16.6. The van der Waals surface area contributed by atoms with E-state index in [1.165, 1.54) is 12.8 Å². The number of nitrogen functional groups attached to an aromatic ring is 1. The molecule has 0 saturated heterocycles. The van der Waals surface area contributed by atoms with Gasteiger partial charge in [0.15, 0.2) is 5.69 Å². The van der Waals surface area contributed by atoms with Crippen LogP contribution in [0.4, 0.5) is 5.69 Å². The summed E-state index contributed by atoms with van der Waals surface area (Å²) in [5, 5.41) is 9.73. The van der Waals surface area contributed by atoms with Crippen LogP contribution in [0.3, 0.4) is 0 Å². The number of anilines is 1. The molecule has 4 N–H and O–H groups in total. The predicted octanol–water partition coefficient (Wildman–Crippen LogP) is 1.23. The predicted molar refractivity (Wildman–Crippen MR) is 62.1 cm³/mol. The van der Waals surface area contributed by atoms with Crippen LogP contribution in [0.25, 0.3) is 0 Å². The Kier molecular flexibility index (Phi) is 3.12. The van der Waals surface area contributed by atoms with Crippen LogP contribution in [0, 0.1) is 0 Å². The highest BCUT2D eigenvalue weighted by Crippen LogP contribution is 2.19. The number of carbonyl (C=O) groups is 1. The fraction of sp³-hybridized carbons (Fsp3) is 0.636. The molecule has 88 valence electrons. The average Bonchev–Trinajstić information content (AvgIpc) is 2.87. The lowest BCUT2D eigenvalue weighted by Gasteiger charge is -2.10. The molecule has 1 aliphatic rings. The van der Waals surface area contributed by atoms with Crippen molar-refractivity contribution >= 4 is 11.6 Å². The third-order valence-corrected chi connectivity index (χ3v) is 3.14. The maximum atomic E-state index is 11.9. The molecular weight excluding hydrogens is 204 g/mol. The summed E-state index contributed by atoms with van der Waals surface area (Å²) in [5.41, 5.74) is 7.49. The summed E-state index contributed by atoms with van der Waals surface area (Å²) in [7, 11) is 0. The zero-order chi connectivity index (χ0) is 11.5. The molecule has 1 saturated carbocycles. The van der Waals surface area contributed by atoms with E-state index in [1.807, 2.05) is 6.92 Å². The molecule has 2 rings (SSSR count). The largest absolute Gasteiger partial charge is 0.395 e. The molecule has 5 nitrogen and oxygen atoms in total. The first-order chi connectivity index (χ1) is 7.72. The van der Waals surface area contributed by atoms with Crippen LogP contribution in [0.2, 0.25) is 0 Å². The molecule has 0 atom stereocenters. The van der Waals surface area contributed by atoms with Gasteiger partial charge in [-0.1, -0.05) is 19.8 Å². The summed E-state index contributed by atoms with van der Waals surface area (Å²) < 4.78 is 0. The van der Waals surface area contributed by atoms with E-state index in [4.69, 9.17) is 5.73 Å². The summed E-state index contributed by atoms with van der Waals surface area (Å²) >= 11 is 0. The molecule has 5 heteroatoms. The van der Waals surface area contributed by atoms with Crippen LogP contribution in [-0.4, -0.2) is 22.1 Å². The number of aryl methyl sites for hydroxylation is 1. The van der Waals surface area contributed by atoms with Gasteiger partial charge in [0.25, 0.3) is 5.91 Å². The molecular formula is C11H18N4O. The molecule has 16 heavy (non-hydrogen) atoms. The summed E-state index contributed by atoms with van der Waals surface area (Å²) in [6, 6.07) is 0.300. The molecule has 1 aromatic rings. The summed E-state index contributed by atoms with van der Waals surface area (Å²) in [5.74, 6) is -0.152. The topological polar surface area (TPSA) is 83.8 Å². The van der Waals surface area contributed by atoms with Crippen molar-refractivity contribution in [1.82, 2.24) is 15.5 Å². The fourth-order valence-electron chi connectivity index (χ4n) is 2.15. The van der Waals surface area contributed by atoms with Gasteiger partial charge in [0.1, 0.15) is 0 Å². The molecule has 1 heterocycles. The van der Waals surface area contributed by atoms with Gasteiger partial charge in [0.05, 0.1) is 11.4 Å². The lowest BCUT2D eigenvalue weighted by Crippen LogP contribution is -2.33. The van der Waals surface area contributed by atoms with Crippen LogP contribution < -0.4 is 11.1 Å². The molecule has 1 fully saturated rings. The molecule has 1 amide bonds. The minimum atomic E-state index is -0.152. The molecule has 0 unspecified atom stereocenters. The fourth-order valence-corrected chi connectivity index (χ4v) is 2.15. The van der Waals surface area contributed by atoms with Gasteiger partial charge < -0.3 is 11.1 Å². The van der Waals surface area contributed by atoms with E-state index >= 15 is 0 Å². The second kappa shape index (κ2) is 4.55. The standard InChI is InChI=1S/C11H18N4O/c1-2-8-9(12)10(15-14-8)11(16)13-7-5-3-4-6-7/h7H,2-6,12H2,1H3,(H,13,16)(H,14,15). The van der Waals surface area contributed by atoms with Crippen molar-refractivity contribution in [3.8, 4) is 0 Å². The van der Waals surface area contributed by atoms with E-state index in [2.05, 4.69) is 15.5 Å². The number of nitrogens with zero attached hydrogens (tertiary/aromatic N) is 1. The van der Waals surface area contributed by atoms with Crippen molar-refractivity contribution in [1.29, 1.82) is 0 Å². The van der Waals surface area contributed by atoms with Crippen LogP contribution in [0.5, 0.6) is 0 Å². The Labute approximate surface area is 94.8 Å². The van der Waals surface area contributed by atoms with Crippen LogP contribution in [-0.2, 0) is 6.42 Å². The van der Waals surface area contributed by atoms with Crippen molar-refractivity contribution in [2.24, 2.45) is 0 Å². The second-order valence-corrected chi connectivity index (χ2v) is 4.27. The minimum Gasteiger partial charge on any atom is -0.395 e. The molecule has 1 aromatic heterocycles. The number of aromatic nitrogens is 2. The highest BCUT2D eigenvalue weighted by atomic mass is 16.2. The van der Waals surface area contributed by atoms with Gasteiger partial charge >= 0.3 is 0 Å². The Balaban J connectivity index is 2.05. The number of nitrogens with one attached hydrogen (secondary N) is 2. The Hall–Kier alpha value is -1.52. The smallest absolute Gasteiger partial charge is 0.274 e. The van der Waals surface area contributed by atoms with Crippen molar-refractivity contribution in [2.45, 2.75) is 45.1 Å². The zero-order valence-corrected chi connectivity index (χ0v) is 9.55. The lowest BCUT2D eigenvalue weighted by molar-refractivity contribution is 0.0933. The molecule has 1 aliphatic carbocycles. The monoisotopic (exact) mass is 222 g/mol. The van der Waals surface area contributed by atoms with Crippen molar-refractivity contribution < 1.29 is 4.79 Å². The van der Waals surface area contributed by atoms with Gasteiger partial charge in [-0.2, -0.15) is 5.10 Å². The molecule has 0 aliphatic heterocycles. The summed E-state index contributed by atoms with van der Waals surface area (Å²) in [6.07, 6.45) is 5.28. The van der Waals surface area contributed by atoms with Gasteiger partial charge in [-0.25, -0.2) is 0 Å². The molecule has 0 bridgehead atoms. The van der Waals surface area contributed by atoms with Gasteiger partial charge in [0, 0.05) is 6.04 Å². The van der Waals surface area contributed by atoms with Gasteiger partial charge in [-0.3, -0.25) is 9.89 Å². The Morgan fingerprint density at radius 2 is 2.25 bits per heavy atom. The quantitative estimate of drug-likeness (QED) is 0.719. The van der Waals surface area contributed by atoms with Crippen molar-refractivity contribution in [3.63, 3.8) is 0 Å². The third-order valence-electron chi connectivity index (χ3n) is 3.14. The van der Waals surface area contributed by atoms with E-state index in [9.17, 15) is 4.79 Å². The number of rotatable bonds is 3. The Morgan fingerprint density at radius 3 is 2.81 bits per heavy atom. The van der Waals surface area contributed by atoms with Gasteiger partial charge in [-0.15, -0.1) is 0 Å². The number of carbonyl (C=O) groups excluding carboxylic acids is 1. The van der Waals surface area contributed by atoms with E-state index < -0.39 is 0 Å². The Morgan fingerprint density at radius 1 is 1.56 bits per heavy atom. The van der Waals surface area contributed by atoms with Crippen molar-refractivity contribution in [3.05, 3.63) is 11.4 Å². The molecule has 0 radical (unpaired) electrons. The van der Waals surface area contributed by atoms with E-state index in [-0.39, 0.29) is 5.91 Å². The van der Waals surface area contributed by atoms with Crippen LogP contribution in [0.15, 0.2) is 0 Å². The zero-order valence-electron chi connectivity index (χ0n) is 9.55. The van der Waals surface area contributed by atoms with E-state index in [0.29, 0.717) is 17.4 Å². The highest BCUT2D eigenvalue weighted by Gasteiger charge is 2.21. The number of hydrogen-bond donors (Lipinski definition) is 3. The van der Waals surface area contributed by atoms with Gasteiger partial charge in [0.2, 0.25) is 0 Å². The van der Waals surface area contributed by atoms with E-state index in [0.717, 1.165) is 25.0 Å². The maximum absolute atomic E-state index is 11.9. The first-order valence-electron chi connectivity index (χ1n) is 5.86. The summed E-state index contributed by atoms with van der Waals surface area (Å²) in [6.45, 7) is 1.97. The average molecular weight is 222 g/mol. The Bertz CT molecular complexity index is 379. The first kappa shape index (κ1) is 11.0. The lowest BCUT2D eigenvalue weighted by atomic mass is 10.2. The number of aromatic amines is 1. The summed E-state index contributed by atoms with van der Waals surface area (Å²) in [4.78, 5) is 11.9. The van der Waals surface area contributed by atoms with Crippen molar-refractivity contribution in [2.75, 3.05) is 5.73 Å². The first-order valence-corrected chi connectivity index (χ1v) is 5.86. The maximum Gasteiger partial charge on any atom is 0.274 e. The third kappa shape index (κ3) is 2.03. The number of amides is 1. The van der Waals surface area contributed by atoms with E-state index in [1.54, 1.807) is 0 Å². The molecule has 0 spiro atoms. The van der Waals surface area contributed by atoms with Crippen LogP contribution >= 0.6 is 0 Å².